The van der Waals surface area contributed by atoms with Crippen molar-refractivity contribution in [3.63, 3.8) is 0 Å². The van der Waals surface area contributed by atoms with E-state index in [1.165, 1.54) is 5.56 Å². The van der Waals surface area contributed by atoms with E-state index < -0.39 is 0 Å². The highest BCUT2D eigenvalue weighted by molar-refractivity contribution is 5.82. The maximum absolute atomic E-state index is 11.8. The Labute approximate surface area is 89.0 Å². The third-order valence-electron chi connectivity index (χ3n) is 2.65. The van der Waals surface area contributed by atoms with E-state index in [0.29, 0.717) is 5.92 Å². The Kier molecular flexibility index (Phi) is 2.35. The van der Waals surface area contributed by atoms with Gasteiger partial charge in [0.05, 0.1) is 5.52 Å². The van der Waals surface area contributed by atoms with Crippen LogP contribution in [0.4, 0.5) is 0 Å². The molecule has 2 heteroatoms. The Balaban J connectivity index is 2.91. The molecule has 0 bridgehead atoms. The molecule has 0 saturated heterocycles. The number of aromatic amines is 1. The Bertz CT molecular complexity index is 552. The quantitative estimate of drug-likeness (QED) is 0.756. The van der Waals surface area contributed by atoms with Gasteiger partial charge in [-0.05, 0) is 24.5 Å². The number of para-hydroxylation sites is 1. The van der Waals surface area contributed by atoms with Gasteiger partial charge < -0.3 is 4.98 Å². The summed E-state index contributed by atoms with van der Waals surface area (Å²) >= 11 is 0. The molecule has 15 heavy (non-hydrogen) atoms. The maximum Gasteiger partial charge on any atom is 0.189 e. The molecule has 0 aliphatic rings. The summed E-state index contributed by atoms with van der Waals surface area (Å²) in [6.07, 6.45) is 0. The monoisotopic (exact) mass is 201 g/mol. The van der Waals surface area contributed by atoms with Gasteiger partial charge in [0, 0.05) is 17.1 Å². The number of fused-ring (bicyclic) bond motifs is 1. The lowest BCUT2D eigenvalue weighted by Gasteiger charge is -2.09. The molecule has 0 aliphatic heterocycles. The predicted octanol–water partition coefficient (Wildman–Crippen LogP) is 2.96. The molecule has 0 atom stereocenters. The van der Waals surface area contributed by atoms with Gasteiger partial charge in [0.25, 0.3) is 0 Å². The normalized spacial score (nSPS) is 11.2. The number of nitrogens with one attached hydrogen (secondary N) is 1. The molecule has 2 rings (SSSR count). The van der Waals surface area contributed by atoms with Crippen LogP contribution >= 0.6 is 0 Å². The van der Waals surface area contributed by atoms with Crippen molar-refractivity contribution in [3.05, 3.63) is 45.7 Å². The first-order valence-corrected chi connectivity index (χ1v) is 5.22. The fraction of sp³-hybridized carbons (Fsp3) is 0.308. The summed E-state index contributed by atoms with van der Waals surface area (Å²) in [7, 11) is 0. The second-order valence-electron chi connectivity index (χ2n) is 4.24. The van der Waals surface area contributed by atoms with Gasteiger partial charge in [0.15, 0.2) is 5.43 Å². The molecular formula is C13H15NO. The van der Waals surface area contributed by atoms with Gasteiger partial charge in [-0.15, -0.1) is 0 Å². The van der Waals surface area contributed by atoms with Crippen LogP contribution in [-0.4, -0.2) is 4.98 Å². The smallest absolute Gasteiger partial charge is 0.189 e. The number of rotatable bonds is 1. The molecule has 0 amide bonds. The molecule has 0 unspecified atom stereocenters. The molecule has 0 saturated carbocycles. The van der Waals surface area contributed by atoms with Crippen molar-refractivity contribution in [2.75, 3.05) is 0 Å². The SMILES string of the molecule is Cc1cc(=O)c2cccc(C(C)C)c2[nH]1. The molecule has 0 radical (unpaired) electrons. The highest BCUT2D eigenvalue weighted by atomic mass is 16.1. The third-order valence-corrected chi connectivity index (χ3v) is 2.65. The minimum Gasteiger partial charge on any atom is -0.358 e. The van der Waals surface area contributed by atoms with Gasteiger partial charge in [-0.1, -0.05) is 26.0 Å². The number of benzene rings is 1. The topological polar surface area (TPSA) is 32.9 Å². The number of H-pyrrole nitrogens is 1. The Morgan fingerprint density at radius 1 is 1.27 bits per heavy atom. The zero-order valence-corrected chi connectivity index (χ0v) is 9.29. The molecule has 0 fully saturated rings. The minimum absolute atomic E-state index is 0.101. The van der Waals surface area contributed by atoms with Crippen LogP contribution in [0.25, 0.3) is 10.9 Å². The van der Waals surface area contributed by atoms with Crippen LogP contribution in [0.2, 0.25) is 0 Å². The average Bonchev–Trinajstić information content (AvgIpc) is 2.16. The van der Waals surface area contributed by atoms with E-state index in [9.17, 15) is 4.79 Å². The van der Waals surface area contributed by atoms with E-state index >= 15 is 0 Å². The number of hydrogen-bond acceptors (Lipinski definition) is 1. The Morgan fingerprint density at radius 3 is 2.67 bits per heavy atom. The van der Waals surface area contributed by atoms with Gasteiger partial charge >= 0.3 is 0 Å². The molecule has 1 N–H and O–H groups in total. The van der Waals surface area contributed by atoms with Crippen molar-refractivity contribution in [2.45, 2.75) is 26.7 Å². The van der Waals surface area contributed by atoms with E-state index in [2.05, 4.69) is 24.9 Å². The van der Waals surface area contributed by atoms with Gasteiger partial charge in [-0.2, -0.15) is 0 Å². The van der Waals surface area contributed by atoms with Gasteiger partial charge in [-0.25, -0.2) is 0 Å². The van der Waals surface area contributed by atoms with Crippen molar-refractivity contribution in [1.82, 2.24) is 4.98 Å². The summed E-state index contributed by atoms with van der Waals surface area (Å²) in [5, 5.41) is 0.784. The summed E-state index contributed by atoms with van der Waals surface area (Å²) in [5.74, 6) is 0.422. The first kappa shape index (κ1) is 9.97. The summed E-state index contributed by atoms with van der Waals surface area (Å²) in [4.78, 5) is 15.0. The van der Waals surface area contributed by atoms with Crippen LogP contribution in [0.1, 0.15) is 31.0 Å². The lowest BCUT2D eigenvalue weighted by molar-refractivity contribution is 0.872. The molecule has 1 aromatic carbocycles. The largest absolute Gasteiger partial charge is 0.358 e. The summed E-state index contributed by atoms with van der Waals surface area (Å²) < 4.78 is 0. The second kappa shape index (κ2) is 3.54. The number of aromatic nitrogens is 1. The molecule has 0 spiro atoms. The lowest BCUT2D eigenvalue weighted by atomic mass is 9.99. The molecule has 78 valence electrons. The lowest BCUT2D eigenvalue weighted by Crippen LogP contribution is -2.05. The van der Waals surface area contributed by atoms with E-state index in [0.717, 1.165) is 16.6 Å². The van der Waals surface area contributed by atoms with Crippen LogP contribution in [0, 0.1) is 6.92 Å². The maximum atomic E-state index is 11.8. The molecule has 1 aromatic heterocycles. The van der Waals surface area contributed by atoms with E-state index in [-0.39, 0.29) is 5.43 Å². The van der Waals surface area contributed by atoms with Crippen LogP contribution in [0.15, 0.2) is 29.1 Å². The number of pyridine rings is 1. The van der Waals surface area contributed by atoms with Gasteiger partial charge in [-0.3, -0.25) is 4.79 Å². The van der Waals surface area contributed by atoms with E-state index in [4.69, 9.17) is 0 Å². The van der Waals surface area contributed by atoms with E-state index in [1.807, 2.05) is 19.1 Å². The molecule has 2 aromatic rings. The fourth-order valence-corrected chi connectivity index (χ4v) is 1.90. The standard InChI is InChI=1S/C13H15NO/c1-8(2)10-5-4-6-11-12(15)7-9(3)14-13(10)11/h4-8H,1-3H3,(H,14,15). The van der Waals surface area contributed by atoms with Crippen LogP contribution in [-0.2, 0) is 0 Å². The third kappa shape index (κ3) is 1.67. The van der Waals surface area contributed by atoms with Crippen molar-refractivity contribution in [1.29, 1.82) is 0 Å². The second-order valence-corrected chi connectivity index (χ2v) is 4.24. The van der Waals surface area contributed by atoms with E-state index in [1.54, 1.807) is 6.07 Å². The average molecular weight is 201 g/mol. The first-order chi connectivity index (χ1) is 7.09. The van der Waals surface area contributed by atoms with Crippen molar-refractivity contribution in [2.24, 2.45) is 0 Å². The summed E-state index contributed by atoms with van der Waals surface area (Å²) in [6.45, 7) is 6.18. The zero-order chi connectivity index (χ0) is 11.0. The van der Waals surface area contributed by atoms with Crippen molar-refractivity contribution < 1.29 is 0 Å². The minimum atomic E-state index is 0.101. The Hall–Kier alpha value is -1.57. The fourth-order valence-electron chi connectivity index (χ4n) is 1.90. The van der Waals surface area contributed by atoms with Gasteiger partial charge in [0.1, 0.15) is 0 Å². The number of aryl methyl sites for hydroxylation is 1. The van der Waals surface area contributed by atoms with Crippen molar-refractivity contribution in [3.8, 4) is 0 Å². The summed E-state index contributed by atoms with van der Waals surface area (Å²) in [5.41, 5.74) is 3.20. The molecule has 1 heterocycles. The Morgan fingerprint density at radius 2 is 2.00 bits per heavy atom. The molecule has 2 nitrogen and oxygen atoms in total. The van der Waals surface area contributed by atoms with Crippen LogP contribution < -0.4 is 5.43 Å². The highest BCUT2D eigenvalue weighted by Gasteiger charge is 2.07. The van der Waals surface area contributed by atoms with Gasteiger partial charge in [0.2, 0.25) is 0 Å². The number of hydrogen-bond donors (Lipinski definition) is 1. The van der Waals surface area contributed by atoms with Crippen molar-refractivity contribution >= 4 is 10.9 Å². The molecule has 0 aliphatic carbocycles. The first-order valence-electron chi connectivity index (χ1n) is 5.22. The summed E-state index contributed by atoms with van der Waals surface area (Å²) in [6, 6.07) is 7.54. The predicted molar refractivity (Wildman–Crippen MR) is 63.4 cm³/mol. The van der Waals surface area contributed by atoms with Crippen LogP contribution in [0.3, 0.4) is 0 Å². The highest BCUT2D eigenvalue weighted by Crippen LogP contribution is 2.21. The molecular weight excluding hydrogens is 186 g/mol. The van der Waals surface area contributed by atoms with Crippen LogP contribution in [0.5, 0.6) is 0 Å². The zero-order valence-electron chi connectivity index (χ0n) is 9.29.